The van der Waals surface area contributed by atoms with Crippen molar-refractivity contribution in [3.63, 3.8) is 0 Å². The fourth-order valence-corrected chi connectivity index (χ4v) is 2.89. The minimum Gasteiger partial charge on any atom is -0.370 e. The van der Waals surface area contributed by atoms with E-state index in [9.17, 15) is 0 Å². The quantitative estimate of drug-likeness (QED) is 0.730. The van der Waals surface area contributed by atoms with E-state index >= 15 is 0 Å². The summed E-state index contributed by atoms with van der Waals surface area (Å²) in [4.78, 5) is 0. The summed E-state index contributed by atoms with van der Waals surface area (Å²) in [5.41, 5.74) is 2.45. The van der Waals surface area contributed by atoms with Gasteiger partial charge in [0.1, 0.15) is 0 Å². The monoisotopic (exact) mass is 252 g/mol. The first-order chi connectivity index (χ1) is 8.14. The molecule has 1 heterocycles. The van der Waals surface area contributed by atoms with Crippen LogP contribution < -0.4 is 0 Å². The molecule has 0 bridgehead atoms. The number of alkyl halides is 1. The lowest BCUT2D eigenvalue weighted by Gasteiger charge is -2.36. The van der Waals surface area contributed by atoms with E-state index in [2.05, 4.69) is 38.1 Å². The van der Waals surface area contributed by atoms with Gasteiger partial charge in [-0.25, -0.2) is 0 Å². The van der Waals surface area contributed by atoms with Crippen LogP contribution in [0, 0.1) is 0 Å². The second-order valence-corrected chi connectivity index (χ2v) is 5.73. The molecule has 1 aliphatic rings. The molecule has 94 valence electrons. The highest BCUT2D eigenvalue weighted by Crippen LogP contribution is 2.36. The summed E-state index contributed by atoms with van der Waals surface area (Å²) in [6.07, 6.45) is 4.21. The van der Waals surface area contributed by atoms with Crippen LogP contribution >= 0.6 is 11.6 Å². The van der Waals surface area contributed by atoms with Gasteiger partial charge in [-0.15, -0.1) is 11.6 Å². The van der Waals surface area contributed by atoms with Crippen LogP contribution in [0.15, 0.2) is 24.3 Å². The average molecular weight is 253 g/mol. The van der Waals surface area contributed by atoms with Gasteiger partial charge in [-0.2, -0.15) is 0 Å². The standard InChI is InChI=1S/C15H21ClO/c1-3-4-12-5-7-13(8-6-12)15(2)11-14(16)9-10-17-15/h5-8,14H,3-4,9-11H2,1-2H3. The van der Waals surface area contributed by atoms with Crippen LogP contribution in [-0.2, 0) is 16.8 Å². The maximum atomic E-state index is 6.25. The van der Waals surface area contributed by atoms with Gasteiger partial charge in [-0.05, 0) is 37.3 Å². The third-order valence-electron chi connectivity index (χ3n) is 3.57. The van der Waals surface area contributed by atoms with Crippen molar-refractivity contribution in [1.82, 2.24) is 0 Å². The van der Waals surface area contributed by atoms with Gasteiger partial charge in [-0.3, -0.25) is 0 Å². The second-order valence-electron chi connectivity index (χ2n) is 5.12. The molecule has 1 saturated heterocycles. The van der Waals surface area contributed by atoms with Crippen LogP contribution in [0.1, 0.15) is 44.2 Å². The number of rotatable bonds is 3. The van der Waals surface area contributed by atoms with Crippen LogP contribution in [0.25, 0.3) is 0 Å². The van der Waals surface area contributed by atoms with E-state index in [1.54, 1.807) is 0 Å². The van der Waals surface area contributed by atoms with Crippen molar-refractivity contribution in [1.29, 1.82) is 0 Å². The predicted octanol–water partition coefficient (Wildman–Crippen LogP) is 4.27. The van der Waals surface area contributed by atoms with Gasteiger partial charge in [0.05, 0.1) is 5.60 Å². The predicted molar refractivity (Wildman–Crippen MR) is 72.6 cm³/mol. The number of hydrogen-bond donors (Lipinski definition) is 0. The number of halogens is 1. The molecular formula is C15H21ClO. The number of ether oxygens (including phenoxy) is 1. The van der Waals surface area contributed by atoms with E-state index in [0.717, 1.165) is 25.9 Å². The van der Waals surface area contributed by atoms with Crippen molar-refractivity contribution in [3.05, 3.63) is 35.4 Å². The van der Waals surface area contributed by atoms with Gasteiger partial charge in [0.25, 0.3) is 0 Å². The number of benzene rings is 1. The Morgan fingerprint density at radius 3 is 2.65 bits per heavy atom. The minimum absolute atomic E-state index is 0.199. The van der Waals surface area contributed by atoms with Gasteiger partial charge < -0.3 is 4.74 Å². The summed E-state index contributed by atoms with van der Waals surface area (Å²) in [5, 5.41) is 0.240. The average Bonchev–Trinajstić information content (AvgIpc) is 2.30. The van der Waals surface area contributed by atoms with E-state index in [0.29, 0.717) is 0 Å². The highest BCUT2D eigenvalue weighted by Gasteiger charge is 2.33. The van der Waals surface area contributed by atoms with Crippen LogP contribution in [0.4, 0.5) is 0 Å². The fourth-order valence-electron chi connectivity index (χ4n) is 2.51. The molecule has 1 aliphatic heterocycles. The molecule has 2 rings (SSSR count). The smallest absolute Gasteiger partial charge is 0.0917 e. The molecule has 1 nitrogen and oxygen atoms in total. The Labute approximate surface area is 109 Å². The second kappa shape index (κ2) is 5.41. The molecule has 1 fully saturated rings. The molecule has 0 radical (unpaired) electrons. The summed E-state index contributed by atoms with van der Waals surface area (Å²) >= 11 is 6.25. The summed E-state index contributed by atoms with van der Waals surface area (Å²) in [5.74, 6) is 0. The van der Waals surface area contributed by atoms with E-state index in [-0.39, 0.29) is 11.0 Å². The normalized spacial score (nSPS) is 29.2. The molecule has 2 heteroatoms. The van der Waals surface area contributed by atoms with Crippen molar-refractivity contribution in [3.8, 4) is 0 Å². The van der Waals surface area contributed by atoms with Gasteiger partial charge in [-0.1, -0.05) is 37.6 Å². The fraction of sp³-hybridized carbons (Fsp3) is 0.600. The van der Waals surface area contributed by atoms with Gasteiger partial charge in [0.15, 0.2) is 0 Å². The van der Waals surface area contributed by atoms with Gasteiger partial charge >= 0.3 is 0 Å². The zero-order valence-corrected chi connectivity index (χ0v) is 11.5. The largest absolute Gasteiger partial charge is 0.370 e. The molecule has 2 atom stereocenters. The van der Waals surface area contributed by atoms with E-state index in [1.165, 1.54) is 17.5 Å². The third kappa shape index (κ3) is 3.02. The molecule has 0 aliphatic carbocycles. The van der Waals surface area contributed by atoms with Crippen molar-refractivity contribution in [2.24, 2.45) is 0 Å². The molecule has 0 amide bonds. The highest BCUT2D eigenvalue weighted by molar-refractivity contribution is 6.20. The topological polar surface area (TPSA) is 9.23 Å². The van der Waals surface area contributed by atoms with Crippen LogP contribution in [0.3, 0.4) is 0 Å². The zero-order valence-electron chi connectivity index (χ0n) is 10.7. The molecule has 1 aromatic carbocycles. The van der Waals surface area contributed by atoms with Crippen molar-refractivity contribution >= 4 is 11.6 Å². The lowest BCUT2D eigenvalue weighted by molar-refractivity contribution is -0.0684. The molecule has 0 spiro atoms. The molecule has 1 aromatic rings. The van der Waals surface area contributed by atoms with Crippen LogP contribution in [-0.4, -0.2) is 12.0 Å². The first-order valence-electron chi connectivity index (χ1n) is 6.51. The Morgan fingerprint density at radius 1 is 1.35 bits per heavy atom. The summed E-state index contributed by atoms with van der Waals surface area (Å²) < 4.78 is 5.94. The Balaban J connectivity index is 2.15. The van der Waals surface area contributed by atoms with E-state index in [4.69, 9.17) is 16.3 Å². The Kier molecular flexibility index (Phi) is 4.11. The Hall–Kier alpha value is -0.530. The molecule has 2 unspecified atom stereocenters. The SMILES string of the molecule is CCCc1ccc(C2(C)CC(Cl)CCO2)cc1. The maximum absolute atomic E-state index is 6.25. The van der Waals surface area contributed by atoms with Crippen molar-refractivity contribution in [2.45, 2.75) is 50.5 Å². The van der Waals surface area contributed by atoms with Crippen molar-refractivity contribution < 1.29 is 4.74 Å². The van der Waals surface area contributed by atoms with Gasteiger partial charge in [0, 0.05) is 12.0 Å². The molecule has 17 heavy (non-hydrogen) atoms. The lowest BCUT2D eigenvalue weighted by atomic mass is 9.87. The van der Waals surface area contributed by atoms with E-state index < -0.39 is 0 Å². The highest BCUT2D eigenvalue weighted by atomic mass is 35.5. The first kappa shape index (κ1) is 12.9. The lowest BCUT2D eigenvalue weighted by Crippen LogP contribution is -2.35. The number of aryl methyl sites for hydroxylation is 1. The molecular weight excluding hydrogens is 232 g/mol. The van der Waals surface area contributed by atoms with Crippen molar-refractivity contribution in [2.75, 3.05) is 6.61 Å². The zero-order chi connectivity index (χ0) is 12.3. The van der Waals surface area contributed by atoms with Gasteiger partial charge in [0.2, 0.25) is 0 Å². The van der Waals surface area contributed by atoms with Crippen LogP contribution in [0.2, 0.25) is 0 Å². The van der Waals surface area contributed by atoms with Crippen LogP contribution in [0.5, 0.6) is 0 Å². The Bertz CT molecular complexity index is 360. The molecule has 0 saturated carbocycles. The third-order valence-corrected chi connectivity index (χ3v) is 3.94. The summed E-state index contributed by atoms with van der Waals surface area (Å²) in [6, 6.07) is 8.82. The minimum atomic E-state index is -0.199. The summed E-state index contributed by atoms with van der Waals surface area (Å²) in [6.45, 7) is 5.12. The maximum Gasteiger partial charge on any atom is 0.0917 e. The van der Waals surface area contributed by atoms with E-state index in [1.807, 2.05) is 0 Å². The summed E-state index contributed by atoms with van der Waals surface area (Å²) in [7, 11) is 0. The Morgan fingerprint density at radius 2 is 2.06 bits per heavy atom. The first-order valence-corrected chi connectivity index (χ1v) is 6.95. The number of hydrogen-bond acceptors (Lipinski definition) is 1. The molecule has 0 aromatic heterocycles. The molecule has 0 N–H and O–H groups in total.